The summed E-state index contributed by atoms with van der Waals surface area (Å²) in [6.45, 7) is 1.90. The van der Waals surface area contributed by atoms with Crippen molar-refractivity contribution in [3.05, 3.63) is 78.0 Å². The Bertz CT molecular complexity index is 1350. The topological polar surface area (TPSA) is 70.2 Å². The van der Waals surface area contributed by atoms with Crippen molar-refractivity contribution in [3.8, 4) is 16.9 Å². The van der Waals surface area contributed by atoms with Crippen LogP contribution in [0, 0.1) is 0 Å². The molecule has 3 heterocycles. The van der Waals surface area contributed by atoms with E-state index in [1.54, 1.807) is 33.5 Å². The first kappa shape index (κ1) is 26.5. The number of amides is 1. The Morgan fingerprint density at radius 3 is 2.68 bits per heavy atom. The van der Waals surface area contributed by atoms with Crippen LogP contribution >= 0.6 is 11.8 Å². The minimum absolute atomic E-state index is 0.136. The van der Waals surface area contributed by atoms with Crippen molar-refractivity contribution in [2.45, 2.75) is 25.8 Å². The quantitative estimate of drug-likeness (QED) is 0.284. The maximum Gasteiger partial charge on any atom is 0.255 e. The molecule has 0 bridgehead atoms. The van der Waals surface area contributed by atoms with Gasteiger partial charge in [0.05, 0.1) is 18.4 Å². The van der Waals surface area contributed by atoms with Gasteiger partial charge in [-0.15, -0.1) is 0 Å². The molecular weight excluding hydrogens is 487 g/mol. The van der Waals surface area contributed by atoms with E-state index >= 15 is 0 Å². The smallest absolute Gasteiger partial charge is 0.255 e. The minimum Gasteiger partial charge on any atom is -0.496 e. The predicted octanol–water partition coefficient (Wildman–Crippen LogP) is 5.95. The number of hydrogen-bond acceptors (Lipinski definition) is 5. The molecule has 1 fully saturated rings. The fourth-order valence-electron chi connectivity index (χ4n) is 4.47. The molecule has 0 radical (unpaired) electrons. The molecule has 1 amide bonds. The molecule has 0 saturated carbocycles. The van der Waals surface area contributed by atoms with Crippen molar-refractivity contribution in [2.24, 2.45) is 0 Å². The molecular formula is C29H33FN4O2S. The molecule has 0 unspecified atom stereocenters. The van der Waals surface area contributed by atoms with E-state index in [9.17, 15) is 9.18 Å². The van der Waals surface area contributed by atoms with E-state index in [-0.39, 0.29) is 23.2 Å². The minimum atomic E-state index is -0.272. The second kappa shape index (κ2) is 12.1. The van der Waals surface area contributed by atoms with Crippen molar-refractivity contribution in [3.63, 3.8) is 0 Å². The van der Waals surface area contributed by atoms with Crippen molar-refractivity contribution in [1.82, 2.24) is 20.2 Å². The highest BCUT2D eigenvalue weighted by Gasteiger charge is 2.22. The molecule has 194 valence electrons. The number of para-hydroxylation sites is 1. The third kappa shape index (κ3) is 5.91. The number of rotatable bonds is 8. The third-order valence-electron chi connectivity index (χ3n) is 6.49. The third-order valence-corrected chi connectivity index (χ3v) is 7.54. The van der Waals surface area contributed by atoms with Gasteiger partial charge in [-0.2, -0.15) is 11.8 Å². The number of pyridine rings is 1. The Morgan fingerprint density at radius 2 is 2.00 bits per heavy atom. The van der Waals surface area contributed by atoms with Crippen LogP contribution < -0.4 is 10.1 Å². The molecule has 0 atom stereocenters. The van der Waals surface area contributed by atoms with Crippen LogP contribution in [0.4, 0.5) is 4.39 Å². The first-order chi connectivity index (χ1) is 18.0. The number of allylic oxidation sites excluding steroid dienone is 3. The van der Waals surface area contributed by atoms with Gasteiger partial charge >= 0.3 is 0 Å². The van der Waals surface area contributed by atoms with Crippen LogP contribution in [0.1, 0.15) is 25.3 Å². The molecule has 3 aromatic rings. The van der Waals surface area contributed by atoms with Crippen molar-refractivity contribution >= 4 is 34.3 Å². The monoisotopic (exact) mass is 520 g/mol. The number of thioether (sulfide) groups is 1. The summed E-state index contributed by atoms with van der Waals surface area (Å²) in [5.41, 5.74) is 4.74. The SMILES string of the molecule is C\C=C(/C=C(C(=O)N(C)C)\C(=C\F)NC1CCSCC1)c1cnc2[nH]cc(-c3ccccc3OC)c2c1. The Labute approximate surface area is 221 Å². The summed E-state index contributed by atoms with van der Waals surface area (Å²) >= 11 is 1.90. The number of carbonyl (C=O) groups excluding carboxylic acids is 1. The highest BCUT2D eigenvalue weighted by molar-refractivity contribution is 7.99. The summed E-state index contributed by atoms with van der Waals surface area (Å²) in [5.74, 6) is 2.54. The second-order valence-corrected chi connectivity index (χ2v) is 10.3. The zero-order valence-electron chi connectivity index (χ0n) is 21.7. The van der Waals surface area contributed by atoms with Gasteiger partial charge in [0.25, 0.3) is 5.91 Å². The fraction of sp³-hybridized carbons (Fsp3) is 0.310. The van der Waals surface area contributed by atoms with Crippen LogP contribution in [0.15, 0.2) is 72.5 Å². The lowest BCUT2D eigenvalue weighted by Gasteiger charge is -2.26. The number of H-pyrrole nitrogens is 1. The van der Waals surface area contributed by atoms with Crippen LogP contribution in [0.25, 0.3) is 27.7 Å². The maximum absolute atomic E-state index is 14.2. The highest BCUT2D eigenvalue weighted by Crippen LogP contribution is 2.35. The first-order valence-electron chi connectivity index (χ1n) is 12.3. The highest BCUT2D eigenvalue weighted by atomic mass is 32.2. The van der Waals surface area contributed by atoms with Crippen LogP contribution in [0.5, 0.6) is 5.75 Å². The van der Waals surface area contributed by atoms with E-state index < -0.39 is 0 Å². The number of nitrogens with one attached hydrogen (secondary N) is 2. The summed E-state index contributed by atoms with van der Waals surface area (Å²) < 4.78 is 19.8. The zero-order chi connectivity index (χ0) is 26.4. The standard InChI is InChI=1S/C29H33FN4O2S/c1-5-19(14-24(29(35)34(2)3)26(16-30)33-21-10-12-37-13-11-21)20-15-23-25(18-32-28(23)31-17-20)22-8-6-7-9-27(22)36-4/h5-9,14-18,21,33H,10-13H2,1-4H3,(H,31,32)/b19-5+,24-14+,26-16-. The van der Waals surface area contributed by atoms with Gasteiger partial charge in [0.2, 0.25) is 0 Å². The van der Waals surface area contributed by atoms with Crippen LogP contribution in [-0.2, 0) is 4.79 Å². The molecule has 1 aliphatic rings. The number of aromatic amines is 1. The van der Waals surface area contributed by atoms with Crippen molar-refractivity contribution in [2.75, 3.05) is 32.7 Å². The number of likely N-dealkylation sites (N-methyl/N-ethyl adjacent to an activating group) is 1. The van der Waals surface area contributed by atoms with Gasteiger partial charge in [0, 0.05) is 54.6 Å². The summed E-state index contributed by atoms with van der Waals surface area (Å²) in [6.07, 6.45) is 9.71. The van der Waals surface area contributed by atoms with Gasteiger partial charge in [0.1, 0.15) is 17.7 Å². The van der Waals surface area contributed by atoms with E-state index in [1.807, 2.05) is 61.3 Å². The number of carbonyl (C=O) groups is 1. The molecule has 2 N–H and O–H groups in total. The molecule has 8 heteroatoms. The van der Waals surface area contributed by atoms with Gasteiger partial charge in [-0.05, 0) is 55.1 Å². The van der Waals surface area contributed by atoms with Crippen LogP contribution in [0.3, 0.4) is 0 Å². The summed E-state index contributed by atoms with van der Waals surface area (Å²) in [7, 11) is 5.00. The average Bonchev–Trinajstić information content (AvgIpc) is 3.36. The number of methoxy groups -OCH3 is 1. The molecule has 4 rings (SSSR count). The average molecular weight is 521 g/mol. The van der Waals surface area contributed by atoms with Crippen LogP contribution in [0.2, 0.25) is 0 Å². The first-order valence-corrected chi connectivity index (χ1v) is 13.5. The number of halogens is 1. The second-order valence-electron chi connectivity index (χ2n) is 9.08. The van der Waals surface area contributed by atoms with E-state index in [4.69, 9.17) is 4.74 Å². The number of aromatic nitrogens is 2. The van der Waals surface area contributed by atoms with E-state index in [2.05, 4.69) is 15.3 Å². The molecule has 0 aliphatic carbocycles. The molecule has 37 heavy (non-hydrogen) atoms. The number of benzene rings is 1. The number of fused-ring (bicyclic) bond motifs is 1. The Kier molecular flexibility index (Phi) is 8.71. The number of hydrogen-bond donors (Lipinski definition) is 2. The Morgan fingerprint density at radius 1 is 1.24 bits per heavy atom. The fourth-order valence-corrected chi connectivity index (χ4v) is 5.57. The lowest BCUT2D eigenvalue weighted by molar-refractivity contribution is -0.124. The van der Waals surface area contributed by atoms with E-state index in [1.165, 1.54) is 4.90 Å². The molecule has 1 aliphatic heterocycles. The number of ether oxygens (including phenoxy) is 1. The van der Waals surface area contributed by atoms with Crippen molar-refractivity contribution in [1.29, 1.82) is 0 Å². The van der Waals surface area contributed by atoms with E-state index in [0.29, 0.717) is 6.33 Å². The molecule has 0 spiro atoms. The maximum atomic E-state index is 14.2. The molecule has 6 nitrogen and oxygen atoms in total. The van der Waals surface area contributed by atoms with Gasteiger partial charge in [0.15, 0.2) is 0 Å². The number of nitrogens with zero attached hydrogens (tertiary/aromatic N) is 2. The Balaban J connectivity index is 1.75. The van der Waals surface area contributed by atoms with Crippen molar-refractivity contribution < 1.29 is 13.9 Å². The zero-order valence-corrected chi connectivity index (χ0v) is 22.5. The van der Waals surface area contributed by atoms with Gasteiger partial charge in [-0.3, -0.25) is 4.79 Å². The van der Waals surface area contributed by atoms with Gasteiger partial charge in [-0.25, -0.2) is 9.37 Å². The van der Waals surface area contributed by atoms with Crippen LogP contribution in [-0.4, -0.2) is 59.5 Å². The lowest BCUT2D eigenvalue weighted by atomic mass is 9.98. The summed E-state index contributed by atoms with van der Waals surface area (Å²) in [5, 5.41) is 4.21. The normalized spacial score (nSPS) is 15.6. The largest absolute Gasteiger partial charge is 0.496 e. The lowest BCUT2D eigenvalue weighted by Crippen LogP contribution is -2.35. The predicted molar refractivity (Wildman–Crippen MR) is 151 cm³/mol. The molecule has 1 aromatic carbocycles. The molecule has 2 aromatic heterocycles. The van der Waals surface area contributed by atoms with Gasteiger partial charge < -0.3 is 19.9 Å². The van der Waals surface area contributed by atoms with Gasteiger partial charge in [-0.1, -0.05) is 24.3 Å². The van der Waals surface area contributed by atoms with E-state index in [0.717, 1.165) is 63.4 Å². The summed E-state index contributed by atoms with van der Waals surface area (Å²) in [6, 6.07) is 10.0. The Hall–Kier alpha value is -3.52. The summed E-state index contributed by atoms with van der Waals surface area (Å²) in [4.78, 5) is 22.5. The molecule has 1 saturated heterocycles.